The van der Waals surface area contributed by atoms with E-state index in [4.69, 9.17) is 11.6 Å². The second-order valence-electron chi connectivity index (χ2n) is 11.7. The molecule has 1 spiro atoms. The molecule has 2 saturated heterocycles. The van der Waals surface area contributed by atoms with Gasteiger partial charge in [0.05, 0.1) is 0 Å². The molecular formula is C27H39ClN4O3. The topological polar surface area (TPSA) is 90.5 Å². The summed E-state index contributed by atoms with van der Waals surface area (Å²) in [5.41, 5.74) is 0.855. The number of benzene rings is 1. The van der Waals surface area contributed by atoms with Crippen molar-refractivity contribution in [3.05, 3.63) is 34.9 Å². The van der Waals surface area contributed by atoms with Crippen molar-refractivity contribution in [1.82, 2.24) is 20.9 Å². The number of piperidine rings is 1. The summed E-state index contributed by atoms with van der Waals surface area (Å²) in [5, 5.41) is 9.65. The van der Waals surface area contributed by atoms with Crippen LogP contribution >= 0.6 is 11.6 Å². The lowest BCUT2D eigenvalue weighted by Crippen LogP contribution is -2.58. The monoisotopic (exact) mass is 502 g/mol. The molecule has 4 amide bonds. The van der Waals surface area contributed by atoms with Crippen molar-refractivity contribution in [2.24, 2.45) is 17.3 Å². The molecule has 0 radical (unpaired) electrons. The van der Waals surface area contributed by atoms with Gasteiger partial charge in [-0.05, 0) is 67.1 Å². The fourth-order valence-electron chi connectivity index (χ4n) is 6.29. The summed E-state index contributed by atoms with van der Waals surface area (Å²) >= 11 is 6.08. The lowest BCUT2D eigenvalue weighted by molar-refractivity contribution is -0.141. The molecule has 3 fully saturated rings. The van der Waals surface area contributed by atoms with Gasteiger partial charge in [-0.2, -0.15) is 0 Å². The Balaban J connectivity index is 1.39. The number of likely N-dealkylation sites (tertiary alicyclic amines) is 1. The first-order valence-electron chi connectivity index (χ1n) is 12.9. The third-order valence-corrected chi connectivity index (χ3v) is 8.54. The third-order valence-electron chi connectivity index (χ3n) is 8.29. The van der Waals surface area contributed by atoms with E-state index in [1.54, 1.807) is 0 Å². The Labute approximate surface area is 213 Å². The summed E-state index contributed by atoms with van der Waals surface area (Å²) < 4.78 is 0. The van der Waals surface area contributed by atoms with Crippen LogP contribution in [0.3, 0.4) is 0 Å². The van der Waals surface area contributed by atoms with Crippen LogP contribution in [0.4, 0.5) is 4.79 Å². The highest BCUT2D eigenvalue weighted by Crippen LogP contribution is 2.43. The van der Waals surface area contributed by atoms with Crippen molar-refractivity contribution < 1.29 is 14.4 Å². The molecule has 4 rings (SSSR count). The number of carbonyl (C=O) groups excluding carboxylic acids is 3. The van der Waals surface area contributed by atoms with Crippen LogP contribution in [0.2, 0.25) is 5.02 Å². The second-order valence-corrected chi connectivity index (χ2v) is 12.2. The Hall–Kier alpha value is -2.28. The van der Waals surface area contributed by atoms with E-state index in [0.29, 0.717) is 32.0 Å². The molecule has 3 aliphatic rings. The number of hydrogen-bond donors (Lipinski definition) is 3. The number of urea groups is 1. The molecule has 1 aliphatic carbocycles. The van der Waals surface area contributed by atoms with E-state index in [-0.39, 0.29) is 40.6 Å². The molecule has 0 bridgehead atoms. The van der Waals surface area contributed by atoms with Crippen LogP contribution in [0.1, 0.15) is 71.3 Å². The van der Waals surface area contributed by atoms with Crippen molar-refractivity contribution in [2.45, 2.75) is 77.3 Å². The van der Waals surface area contributed by atoms with Gasteiger partial charge < -0.3 is 20.9 Å². The van der Waals surface area contributed by atoms with Gasteiger partial charge in [0.15, 0.2) is 0 Å². The first kappa shape index (κ1) is 25.8. The zero-order valence-corrected chi connectivity index (χ0v) is 22.1. The number of amides is 4. The number of hydrogen-bond acceptors (Lipinski definition) is 3. The highest BCUT2D eigenvalue weighted by Gasteiger charge is 2.46. The maximum Gasteiger partial charge on any atom is 0.315 e. The third kappa shape index (κ3) is 5.60. The van der Waals surface area contributed by atoms with Crippen molar-refractivity contribution in [3.63, 3.8) is 0 Å². The van der Waals surface area contributed by atoms with Crippen molar-refractivity contribution in [1.29, 1.82) is 0 Å². The number of carbonyl (C=O) groups is 3. The van der Waals surface area contributed by atoms with Gasteiger partial charge in [0.1, 0.15) is 6.04 Å². The van der Waals surface area contributed by atoms with Gasteiger partial charge >= 0.3 is 6.03 Å². The van der Waals surface area contributed by atoms with Crippen LogP contribution in [0.5, 0.6) is 0 Å². The van der Waals surface area contributed by atoms with Crippen LogP contribution in [-0.2, 0) is 9.59 Å². The summed E-state index contributed by atoms with van der Waals surface area (Å²) in [6.45, 7) is 10.3. The Morgan fingerprint density at radius 3 is 2.49 bits per heavy atom. The van der Waals surface area contributed by atoms with Crippen molar-refractivity contribution in [2.75, 3.05) is 19.6 Å². The molecule has 2 aliphatic heterocycles. The number of nitrogens with zero attached hydrogens (tertiary/aromatic N) is 1. The van der Waals surface area contributed by atoms with E-state index in [1.165, 1.54) is 5.56 Å². The Kier molecular flexibility index (Phi) is 7.37. The minimum Gasteiger partial charge on any atom is -0.344 e. The molecule has 3 N–H and O–H groups in total. The predicted octanol–water partition coefficient (Wildman–Crippen LogP) is 4.06. The van der Waals surface area contributed by atoms with Gasteiger partial charge in [0.25, 0.3) is 0 Å². The molecular weight excluding hydrogens is 464 g/mol. The SMILES string of the molecule is CC(C)C(NC(=O)C1CCC2(CCNC(=O)N2)C1)C(=O)N1CCC(c2ccc(Cl)cc2)C(C)(C)C1. The first-order valence-corrected chi connectivity index (χ1v) is 13.3. The number of nitrogens with one attached hydrogen (secondary N) is 3. The normalized spacial score (nSPS) is 29.0. The largest absolute Gasteiger partial charge is 0.344 e. The Morgan fingerprint density at radius 1 is 1.14 bits per heavy atom. The lowest BCUT2D eigenvalue weighted by Gasteiger charge is -2.46. The highest BCUT2D eigenvalue weighted by molar-refractivity contribution is 6.30. The molecule has 1 aromatic rings. The standard InChI is InChI=1S/C27H39ClN4O3/c1-17(2)22(30-23(33)19-9-11-27(15-19)12-13-29-25(35)31-27)24(34)32-14-10-21(26(3,4)16-32)18-5-7-20(28)8-6-18/h5-8,17,19,21-22H,9-16H2,1-4H3,(H,30,33)(H2,29,31,35). The molecule has 4 unspecified atom stereocenters. The van der Waals surface area contributed by atoms with Gasteiger partial charge in [-0.3, -0.25) is 9.59 Å². The van der Waals surface area contributed by atoms with Crippen LogP contribution in [0.25, 0.3) is 0 Å². The van der Waals surface area contributed by atoms with Gasteiger partial charge in [-0.15, -0.1) is 0 Å². The predicted molar refractivity (Wildman–Crippen MR) is 137 cm³/mol. The van der Waals surface area contributed by atoms with E-state index in [0.717, 1.165) is 30.7 Å². The van der Waals surface area contributed by atoms with Crippen LogP contribution in [0.15, 0.2) is 24.3 Å². The molecule has 1 saturated carbocycles. The highest BCUT2D eigenvalue weighted by atomic mass is 35.5. The average molecular weight is 503 g/mol. The van der Waals surface area contributed by atoms with E-state index < -0.39 is 6.04 Å². The van der Waals surface area contributed by atoms with Crippen LogP contribution < -0.4 is 16.0 Å². The molecule has 1 aromatic carbocycles. The molecule has 35 heavy (non-hydrogen) atoms. The number of halogens is 1. The fraction of sp³-hybridized carbons (Fsp3) is 0.667. The van der Waals surface area contributed by atoms with Gasteiger partial charge in [-0.1, -0.05) is 51.4 Å². The van der Waals surface area contributed by atoms with E-state index in [1.807, 2.05) is 30.9 Å². The van der Waals surface area contributed by atoms with Crippen molar-refractivity contribution in [3.8, 4) is 0 Å². The maximum atomic E-state index is 13.6. The van der Waals surface area contributed by atoms with Gasteiger partial charge in [0.2, 0.25) is 11.8 Å². The maximum absolute atomic E-state index is 13.6. The van der Waals surface area contributed by atoms with Crippen molar-refractivity contribution >= 4 is 29.4 Å². The van der Waals surface area contributed by atoms with E-state index in [9.17, 15) is 14.4 Å². The zero-order chi connectivity index (χ0) is 25.4. The first-order chi connectivity index (χ1) is 16.5. The van der Waals surface area contributed by atoms with Crippen LogP contribution in [-0.4, -0.2) is 54.0 Å². The fourth-order valence-corrected chi connectivity index (χ4v) is 6.42. The minimum atomic E-state index is -0.551. The molecule has 0 aromatic heterocycles. The number of rotatable bonds is 5. The van der Waals surface area contributed by atoms with E-state index in [2.05, 4.69) is 41.9 Å². The molecule has 4 atom stereocenters. The molecule has 192 valence electrons. The smallest absolute Gasteiger partial charge is 0.315 e. The summed E-state index contributed by atoms with van der Waals surface area (Å²) in [4.78, 5) is 40.6. The summed E-state index contributed by atoms with van der Waals surface area (Å²) in [6, 6.07) is 7.32. The lowest BCUT2D eigenvalue weighted by atomic mass is 9.70. The Morgan fingerprint density at radius 2 is 1.86 bits per heavy atom. The molecule has 7 nitrogen and oxygen atoms in total. The Bertz CT molecular complexity index is 964. The quantitative estimate of drug-likeness (QED) is 0.567. The van der Waals surface area contributed by atoms with Gasteiger partial charge in [-0.25, -0.2) is 4.79 Å². The minimum absolute atomic E-state index is 0.00106. The summed E-state index contributed by atoms with van der Waals surface area (Å²) in [7, 11) is 0. The molecule has 8 heteroatoms. The summed E-state index contributed by atoms with van der Waals surface area (Å²) in [5.74, 6) is 0.0636. The molecule has 2 heterocycles. The van der Waals surface area contributed by atoms with Crippen LogP contribution in [0, 0.1) is 17.3 Å². The summed E-state index contributed by atoms with van der Waals surface area (Å²) in [6.07, 6.45) is 3.85. The van der Waals surface area contributed by atoms with E-state index >= 15 is 0 Å². The van der Waals surface area contributed by atoms with Gasteiger partial charge in [0, 0.05) is 36.1 Å². The zero-order valence-electron chi connectivity index (χ0n) is 21.3. The average Bonchev–Trinajstić information content (AvgIpc) is 3.19. The second kappa shape index (κ2) is 10.00.